The van der Waals surface area contributed by atoms with Crippen molar-refractivity contribution in [1.29, 1.82) is 5.26 Å². The van der Waals surface area contributed by atoms with Gasteiger partial charge in [-0.05, 0) is 19.3 Å². The number of likely N-dealkylation sites (tertiary alicyclic amines) is 1. The summed E-state index contributed by atoms with van der Waals surface area (Å²) in [6.07, 6.45) is 5.84. The highest BCUT2D eigenvalue weighted by molar-refractivity contribution is 5.79. The van der Waals surface area contributed by atoms with Crippen LogP contribution in [0.4, 0.5) is 0 Å². The van der Waals surface area contributed by atoms with E-state index in [0.717, 1.165) is 45.2 Å². The summed E-state index contributed by atoms with van der Waals surface area (Å²) in [5.41, 5.74) is 5.28. The maximum Gasteiger partial charge on any atom is 0.237 e. The molecule has 5 nitrogen and oxygen atoms in total. The van der Waals surface area contributed by atoms with Gasteiger partial charge in [-0.1, -0.05) is 19.3 Å². The summed E-state index contributed by atoms with van der Waals surface area (Å²) in [5.74, 6) is 0.0533. The summed E-state index contributed by atoms with van der Waals surface area (Å²) in [5, 5.41) is 9.49. The van der Waals surface area contributed by atoms with Crippen molar-refractivity contribution in [3.63, 3.8) is 0 Å². The number of rotatable bonds is 3. The lowest BCUT2D eigenvalue weighted by atomic mass is 9.81. The molecule has 0 aromatic rings. The van der Waals surface area contributed by atoms with Gasteiger partial charge in [0, 0.05) is 26.2 Å². The third-order valence-electron chi connectivity index (χ3n) is 4.57. The minimum atomic E-state index is -0.572. The first-order valence-corrected chi connectivity index (χ1v) is 7.23. The van der Waals surface area contributed by atoms with Gasteiger partial charge < -0.3 is 10.6 Å². The molecule has 2 rings (SSSR count). The zero-order valence-corrected chi connectivity index (χ0v) is 11.8. The molecule has 1 saturated heterocycles. The number of nitrogens with zero attached hydrogens (tertiary/aromatic N) is 3. The molecule has 0 aromatic heterocycles. The Morgan fingerprint density at radius 2 is 2.16 bits per heavy atom. The molecular formula is C14H24N4O. The number of carbonyl (C=O) groups is 1. The molecule has 106 valence electrons. The van der Waals surface area contributed by atoms with Crippen LogP contribution < -0.4 is 5.73 Å². The van der Waals surface area contributed by atoms with E-state index in [-0.39, 0.29) is 11.9 Å². The molecule has 1 heterocycles. The van der Waals surface area contributed by atoms with Crippen LogP contribution in [0.2, 0.25) is 0 Å². The Bertz CT molecular complexity index is 370. The molecule has 0 aromatic carbocycles. The molecule has 19 heavy (non-hydrogen) atoms. The topological polar surface area (TPSA) is 73.4 Å². The zero-order valence-electron chi connectivity index (χ0n) is 11.8. The lowest BCUT2D eigenvalue weighted by molar-refractivity contribution is -0.135. The van der Waals surface area contributed by atoms with Crippen LogP contribution in [0.3, 0.4) is 0 Å². The van der Waals surface area contributed by atoms with Crippen LogP contribution in [0.1, 0.15) is 38.5 Å². The van der Waals surface area contributed by atoms with E-state index in [0.29, 0.717) is 6.54 Å². The van der Waals surface area contributed by atoms with Gasteiger partial charge in [-0.2, -0.15) is 5.26 Å². The lowest BCUT2D eigenvalue weighted by Crippen LogP contribution is -2.52. The second-order valence-corrected chi connectivity index (χ2v) is 5.94. The largest absolute Gasteiger partial charge is 0.326 e. The zero-order chi connectivity index (χ0) is 13.9. The summed E-state index contributed by atoms with van der Waals surface area (Å²) < 4.78 is 0. The van der Waals surface area contributed by atoms with Gasteiger partial charge in [-0.3, -0.25) is 9.69 Å². The van der Waals surface area contributed by atoms with Gasteiger partial charge in [0.2, 0.25) is 5.91 Å². The average Bonchev–Trinajstić information content (AvgIpc) is 2.84. The number of hydrogen-bond acceptors (Lipinski definition) is 4. The molecule has 2 aliphatic rings. The molecule has 1 saturated carbocycles. The molecule has 2 N–H and O–H groups in total. The smallest absolute Gasteiger partial charge is 0.237 e. The van der Waals surface area contributed by atoms with Crippen LogP contribution >= 0.6 is 0 Å². The Morgan fingerprint density at radius 1 is 1.47 bits per heavy atom. The monoisotopic (exact) mass is 264 g/mol. The first-order valence-electron chi connectivity index (χ1n) is 7.23. The highest BCUT2D eigenvalue weighted by atomic mass is 16.2. The fourth-order valence-electron chi connectivity index (χ4n) is 3.20. The third-order valence-corrected chi connectivity index (χ3v) is 4.57. The van der Waals surface area contributed by atoms with Crippen molar-refractivity contribution in [1.82, 2.24) is 9.80 Å². The number of carbonyl (C=O) groups excluding carboxylic acids is 1. The van der Waals surface area contributed by atoms with Crippen molar-refractivity contribution in [3.8, 4) is 6.07 Å². The maximum atomic E-state index is 12.4. The third kappa shape index (κ3) is 3.07. The van der Waals surface area contributed by atoms with Gasteiger partial charge in [0.25, 0.3) is 0 Å². The summed E-state index contributed by atoms with van der Waals surface area (Å²) >= 11 is 0. The Hall–Kier alpha value is -1.12. The molecule has 0 radical (unpaired) electrons. The standard InChI is InChI=1S/C14H24N4O/c1-17(14(11-15)6-3-2-4-7-14)13(19)10-18-8-5-12(16)9-18/h12H,2-10,16H2,1H3/t12-/m1/s1. The molecule has 1 aliphatic carbocycles. The first kappa shape index (κ1) is 14.3. The minimum absolute atomic E-state index is 0.0533. The van der Waals surface area contributed by atoms with Gasteiger partial charge in [-0.25, -0.2) is 0 Å². The van der Waals surface area contributed by atoms with Crippen LogP contribution in [0.5, 0.6) is 0 Å². The van der Waals surface area contributed by atoms with Crippen LogP contribution in [0.15, 0.2) is 0 Å². The number of nitrogens with two attached hydrogens (primary N) is 1. The van der Waals surface area contributed by atoms with Crippen LogP contribution in [0, 0.1) is 11.3 Å². The summed E-state index contributed by atoms with van der Waals surface area (Å²) in [6, 6.07) is 2.59. The van der Waals surface area contributed by atoms with Gasteiger partial charge in [0.15, 0.2) is 0 Å². The Balaban J connectivity index is 1.95. The van der Waals surface area contributed by atoms with Crippen molar-refractivity contribution < 1.29 is 4.79 Å². The molecule has 0 bridgehead atoms. The van der Waals surface area contributed by atoms with Crippen molar-refractivity contribution in [2.24, 2.45) is 5.73 Å². The van der Waals surface area contributed by atoms with E-state index in [4.69, 9.17) is 5.73 Å². The first-order chi connectivity index (χ1) is 9.07. The van der Waals surface area contributed by atoms with E-state index >= 15 is 0 Å². The SMILES string of the molecule is CN(C(=O)CN1CC[C@@H](N)C1)C1(C#N)CCCCC1. The van der Waals surface area contributed by atoms with E-state index in [2.05, 4.69) is 11.0 Å². The van der Waals surface area contributed by atoms with Gasteiger partial charge >= 0.3 is 0 Å². The van der Waals surface area contributed by atoms with Crippen molar-refractivity contribution in [2.45, 2.75) is 50.1 Å². The number of hydrogen-bond donors (Lipinski definition) is 1. The van der Waals surface area contributed by atoms with E-state index < -0.39 is 5.54 Å². The fraction of sp³-hybridized carbons (Fsp3) is 0.857. The van der Waals surface area contributed by atoms with Crippen LogP contribution in [-0.2, 0) is 4.79 Å². The van der Waals surface area contributed by atoms with Crippen molar-refractivity contribution in [2.75, 3.05) is 26.7 Å². The maximum absolute atomic E-state index is 12.4. The Kier molecular flexibility index (Phi) is 4.43. The molecule has 1 amide bonds. The molecule has 1 aliphatic heterocycles. The normalized spacial score (nSPS) is 26.9. The number of amides is 1. The summed E-state index contributed by atoms with van der Waals surface area (Å²) in [4.78, 5) is 16.1. The van der Waals surface area contributed by atoms with E-state index in [1.165, 1.54) is 6.42 Å². The average molecular weight is 264 g/mol. The van der Waals surface area contributed by atoms with E-state index in [1.54, 1.807) is 11.9 Å². The van der Waals surface area contributed by atoms with E-state index in [9.17, 15) is 10.1 Å². The predicted octanol–water partition coefficient (Wildman–Crippen LogP) is 0.704. The number of nitriles is 1. The number of likely N-dealkylation sites (N-methyl/N-ethyl adjacent to an activating group) is 1. The molecule has 0 spiro atoms. The highest BCUT2D eigenvalue weighted by Gasteiger charge is 2.39. The second kappa shape index (κ2) is 5.89. The van der Waals surface area contributed by atoms with Gasteiger partial charge in [-0.15, -0.1) is 0 Å². The van der Waals surface area contributed by atoms with Crippen LogP contribution in [-0.4, -0.2) is 54.0 Å². The van der Waals surface area contributed by atoms with Crippen LogP contribution in [0.25, 0.3) is 0 Å². The summed E-state index contributed by atoms with van der Waals surface area (Å²) in [7, 11) is 1.78. The van der Waals surface area contributed by atoms with Crippen molar-refractivity contribution >= 4 is 5.91 Å². The highest BCUT2D eigenvalue weighted by Crippen LogP contribution is 2.32. The van der Waals surface area contributed by atoms with Gasteiger partial charge in [0.05, 0.1) is 12.6 Å². The molecule has 5 heteroatoms. The summed E-state index contributed by atoms with van der Waals surface area (Å²) in [6.45, 7) is 2.08. The minimum Gasteiger partial charge on any atom is -0.326 e. The molecule has 1 atom stereocenters. The predicted molar refractivity (Wildman–Crippen MR) is 73.2 cm³/mol. The van der Waals surface area contributed by atoms with Crippen molar-refractivity contribution in [3.05, 3.63) is 0 Å². The van der Waals surface area contributed by atoms with E-state index in [1.807, 2.05) is 0 Å². The Labute approximate surface area is 115 Å². The van der Waals surface area contributed by atoms with Gasteiger partial charge in [0.1, 0.15) is 5.54 Å². The lowest BCUT2D eigenvalue weighted by Gasteiger charge is -2.39. The molecule has 2 fully saturated rings. The second-order valence-electron chi connectivity index (χ2n) is 5.94. The quantitative estimate of drug-likeness (QED) is 0.814. The molecule has 0 unspecified atom stereocenters. The molecular weight excluding hydrogens is 240 g/mol. The Morgan fingerprint density at radius 3 is 2.68 bits per heavy atom. The fourth-order valence-corrected chi connectivity index (χ4v) is 3.20.